The number of halogens is 3. The highest BCUT2D eigenvalue weighted by molar-refractivity contribution is 7.90. The van der Waals surface area contributed by atoms with E-state index in [-0.39, 0.29) is 11.3 Å². The van der Waals surface area contributed by atoms with Gasteiger partial charge in [-0.05, 0) is 24.1 Å². The summed E-state index contributed by atoms with van der Waals surface area (Å²) in [7, 11) is -3.26. The lowest BCUT2D eigenvalue weighted by molar-refractivity contribution is -0.120. The van der Waals surface area contributed by atoms with E-state index in [4.69, 9.17) is 23.2 Å². The maximum atomic E-state index is 12.8. The number of sulfone groups is 1. The van der Waals surface area contributed by atoms with Crippen molar-refractivity contribution in [2.75, 3.05) is 12.9 Å². The molecule has 0 aliphatic rings. The van der Waals surface area contributed by atoms with Crippen LogP contribution in [0, 0.1) is 0 Å². The van der Waals surface area contributed by atoms with Crippen LogP contribution in [0.25, 0.3) is 0 Å². The van der Waals surface area contributed by atoms with Crippen LogP contribution in [-0.4, -0.2) is 38.1 Å². The van der Waals surface area contributed by atoms with Gasteiger partial charge >= 0.3 is 0 Å². The zero-order valence-electron chi connectivity index (χ0n) is 10.6. The van der Waals surface area contributed by atoms with Gasteiger partial charge < -0.3 is 5.32 Å². The lowest BCUT2D eigenvalue weighted by atomic mass is 10.1. The van der Waals surface area contributed by atoms with Crippen LogP contribution in [0.4, 0.5) is 4.39 Å². The topological polar surface area (TPSA) is 63.2 Å². The average Bonchev–Trinajstić information content (AvgIpc) is 2.37. The first kappa shape index (κ1) is 17.2. The van der Waals surface area contributed by atoms with E-state index >= 15 is 0 Å². The number of alkyl halides is 3. The molecule has 0 spiro atoms. The first-order chi connectivity index (χ1) is 9.24. The third kappa shape index (κ3) is 5.26. The van der Waals surface area contributed by atoms with Crippen molar-refractivity contribution >= 4 is 38.9 Å². The van der Waals surface area contributed by atoms with Crippen molar-refractivity contribution in [3.8, 4) is 0 Å². The Morgan fingerprint density at radius 3 is 2.25 bits per heavy atom. The van der Waals surface area contributed by atoms with Crippen molar-refractivity contribution in [2.24, 2.45) is 0 Å². The highest BCUT2D eigenvalue weighted by atomic mass is 35.5. The number of carbonyl (C=O) groups excluding carboxylic acids is 1. The van der Waals surface area contributed by atoms with E-state index in [1.54, 1.807) is 12.1 Å². The Bertz CT molecular complexity index is 561. The minimum absolute atomic E-state index is 0.184. The summed E-state index contributed by atoms with van der Waals surface area (Å²) in [4.78, 5) is 10.2. The highest BCUT2D eigenvalue weighted by Crippen LogP contribution is 2.12. The van der Waals surface area contributed by atoms with Crippen molar-refractivity contribution in [3.05, 3.63) is 29.8 Å². The smallest absolute Gasteiger partial charge is 0.253 e. The molecule has 1 aromatic carbocycles. The summed E-state index contributed by atoms with van der Waals surface area (Å²) in [6.07, 6.45) is 1.32. The molecular formula is C12H14Cl2FNO3S. The molecule has 0 unspecified atom stereocenters. The second-order valence-corrected chi connectivity index (χ2v) is 7.39. The van der Waals surface area contributed by atoms with E-state index in [0.29, 0.717) is 5.56 Å². The Balaban J connectivity index is 2.74. The molecule has 0 bridgehead atoms. The molecule has 0 aliphatic carbocycles. The van der Waals surface area contributed by atoms with Crippen LogP contribution in [0.2, 0.25) is 0 Å². The molecule has 0 radical (unpaired) electrons. The fourth-order valence-corrected chi connectivity index (χ4v) is 2.32. The van der Waals surface area contributed by atoms with Crippen LogP contribution in [0.5, 0.6) is 0 Å². The van der Waals surface area contributed by atoms with Crippen molar-refractivity contribution < 1.29 is 17.6 Å². The fourth-order valence-electron chi connectivity index (χ4n) is 1.57. The zero-order valence-corrected chi connectivity index (χ0v) is 13.0. The minimum Gasteiger partial charge on any atom is -0.348 e. The van der Waals surface area contributed by atoms with Crippen molar-refractivity contribution in [1.82, 2.24) is 5.32 Å². The Labute approximate surface area is 127 Å². The minimum atomic E-state index is -3.26. The Hall–Kier alpha value is -0.850. The largest absolute Gasteiger partial charge is 0.348 e. The molecule has 20 heavy (non-hydrogen) atoms. The predicted molar refractivity (Wildman–Crippen MR) is 76.7 cm³/mol. The van der Waals surface area contributed by atoms with Gasteiger partial charge in [-0.25, -0.2) is 12.8 Å². The molecule has 0 saturated heterocycles. The molecule has 1 N–H and O–H groups in total. The SMILES string of the molecule is CS(=O)(=O)c1ccc(C[C@@H](CF)NC(=O)C(Cl)Cl)cc1. The molecule has 1 atom stereocenters. The molecule has 0 saturated carbocycles. The summed E-state index contributed by atoms with van der Waals surface area (Å²) in [5.74, 6) is -0.663. The van der Waals surface area contributed by atoms with Gasteiger partial charge in [0.05, 0.1) is 10.9 Å². The second-order valence-electron chi connectivity index (χ2n) is 4.28. The average molecular weight is 342 g/mol. The summed E-state index contributed by atoms with van der Waals surface area (Å²) in [6, 6.07) is 5.27. The summed E-state index contributed by atoms with van der Waals surface area (Å²) in [6.45, 7) is -0.778. The van der Waals surface area contributed by atoms with Crippen LogP contribution in [0.1, 0.15) is 5.56 Å². The molecule has 0 fully saturated rings. The normalized spacial score (nSPS) is 13.2. The van der Waals surface area contributed by atoms with Gasteiger partial charge in [0, 0.05) is 6.26 Å². The molecule has 1 rings (SSSR count). The van der Waals surface area contributed by atoms with Gasteiger partial charge in [-0.15, -0.1) is 0 Å². The van der Waals surface area contributed by atoms with E-state index < -0.39 is 33.3 Å². The van der Waals surface area contributed by atoms with Crippen molar-refractivity contribution in [2.45, 2.75) is 22.2 Å². The van der Waals surface area contributed by atoms with Gasteiger partial charge in [0.1, 0.15) is 6.67 Å². The highest BCUT2D eigenvalue weighted by Gasteiger charge is 2.17. The summed E-state index contributed by atoms with van der Waals surface area (Å²) < 4.78 is 35.4. The number of hydrogen-bond donors (Lipinski definition) is 1. The number of rotatable bonds is 6. The Morgan fingerprint density at radius 2 is 1.85 bits per heavy atom. The maximum Gasteiger partial charge on any atom is 0.253 e. The number of amides is 1. The summed E-state index contributed by atoms with van der Waals surface area (Å²) >= 11 is 10.7. The molecule has 1 aromatic rings. The molecule has 8 heteroatoms. The zero-order chi connectivity index (χ0) is 15.3. The van der Waals surface area contributed by atoms with Crippen LogP contribution < -0.4 is 5.32 Å². The lowest BCUT2D eigenvalue weighted by Gasteiger charge is -2.16. The van der Waals surface area contributed by atoms with Crippen LogP contribution in [0.3, 0.4) is 0 Å². The number of hydrogen-bond acceptors (Lipinski definition) is 3. The third-order valence-electron chi connectivity index (χ3n) is 2.56. The van der Waals surface area contributed by atoms with E-state index in [9.17, 15) is 17.6 Å². The standard InChI is InChI=1S/C12H14Cl2FNO3S/c1-20(18,19)10-4-2-8(3-5-10)6-9(7-15)16-12(17)11(13)14/h2-5,9,11H,6-7H2,1H3,(H,16,17)/t9-/m0/s1. The van der Waals surface area contributed by atoms with Gasteiger partial charge in [-0.2, -0.15) is 0 Å². The first-order valence-electron chi connectivity index (χ1n) is 5.67. The van der Waals surface area contributed by atoms with Crippen LogP contribution in [-0.2, 0) is 21.1 Å². The third-order valence-corrected chi connectivity index (χ3v) is 4.09. The van der Waals surface area contributed by atoms with Gasteiger partial charge in [0.25, 0.3) is 5.91 Å². The number of carbonyl (C=O) groups is 1. The van der Waals surface area contributed by atoms with E-state index in [1.807, 2.05) is 0 Å². The Morgan fingerprint density at radius 1 is 1.30 bits per heavy atom. The molecular weight excluding hydrogens is 328 g/mol. The summed E-state index contributed by atoms with van der Waals surface area (Å²) in [5, 5.41) is 2.36. The first-order valence-corrected chi connectivity index (χ1v) is 8.44. The molecule has 1 amide bonds. The quantitative estimate of drug-likeness (QED) is 0.803. The second kappa shape index (κ2) is 7.24. The molecule has 0 aliphatic heterocycles. The van der Waals surface area contributed by atoms with Crippen molar-refractivity contribution in [1.29, 1.82) is 0 Å². The van der Waals surface area contributed by atoms with Crippen LogP contribution in [0.15, 0.2) is 29.2 Å². The molecule has 0 aromatic heterocycles. The van der Waals surface area contributed by atoms with E-state index in [1.165, 1.54) is 12.1 Å². The molecule has 112 valence electrons. The molecule has 0 heterocycles. The van der Waals surface area contributed by atoms with Gasteiger partial charge in [-0.3, -0.25) is 4.79 Å². The fraction of sp³-hybridized carbons (Fsp3) is 0.417. The maximum absolute atomic E-state index is 12.8. The van der Waals surface area contributed by atoms with E-state index in [0.717, 1.165) is 6.26 Å². The lowest BCUT2D eigenvalue weighted by Crippen LogP contribution is -2.40. The molecule has 4 nitrogen and oxygen atoms in total. The monoisotopic (exact) mass is 341 g/mol. The van der Waals surface area contributed by atoms with Gasteiger partial charge in [0.15, 0.2) is 14.7 Å². The van der Waals surface area contributed by atoms with E-state index in [2.05, 4.69) is 5.32 Å². The van der Waals surface area contributed by atoms with Gasteiger partial charge in [0.2, 0.25) is 0 Å². The van der Waals surface area contributed by atoms with Gasteiger partial charge in [-0.1, -0.05) is 35.3 Å². The number of nitrogens with one attached hydrogen (secondary N) is 1. The summed E-state index contributed by atoms with van der Waals surface area (Å²) in [5.41, 5.74) is 0.695. The Kier molecular flexibility index (Phi) is 6.23. The predicted octanol–water partition coefficient (Wildman–Crippen LogP) is 1.89. The van der Waals surface area contributed by atoms with Crippen molar-refractivity contribution in [3.63, 3.8) is 0 Å². The number of benzene rings is 1. The van der Waals surface area contributed by atoms with Crippen LogP contribution >= 0.6 is 23.2 Å².